The predicted octanol–water partition coefficient (Wildman–Crippen LogP) is 1.93. The summed E-state index contributed by atoms with van der Waals surface area (Å²) in [6.07, 6.45) is 1.66. The van der Waals surface area contributed by atoms with Crippen LogP contribution in [0.25, 0.3) is 0 Å². The van der Waals surface area contributed by atoms with E-state index in [-0.39, 0.29) is 6.01 Å². The van der Waals surface area contributed by atoms with E-state index < -0.39 is 0 Å². The smallest absolute Gasteiger partial charge is 0.322 e. The number of rotatable bonds is 6. The summed E-state index contributed by atoms with van der Waals surface area (Å²) >= 11 is 3.44. The molecule has 0 saturated carbocycles. The van der Waals surface area contributed by atoms with Crippen molar-refractivity contribution in [3.8, 4) is 11.8 Å². The van der Waals surface area contributed by atoms with Gasteiger partial charge in [0.15, 0.2) is 0 Å². The molecule has 26 heavy (non-hydrogen) atoms. The molecule has 1 N–H and O–H groups in total. The van der Waals surface area contributed by atoms with Crippen molar-refractivity contribution < 1.29 is 14.2 Å². The summed E-state index contributed by atoms with van der Waals surface area (Å²) in [5, 5.41) is 4.18. The Morgan fingerprint density at radius 3 is 2.69 bits per heavy atom. The van der Waals surface area contributed by atoms with Crippen molar-refractivity contribution in [3.05, 3.63) is 28.2 Å². The molecule has 1 fully saturated rings. The fourth-order valence-corrected chi connectivity index (χ4v) is 2.88. The monoisotopic (exact) mass is 422 g/mol. The van der Waals surface area contributed by atoms with Gasteiger partial charge in [-0.1, -0.05) is 0 Å². The molecule has 0 atom stereocenters. The molecular formula is C16H19BrN6O3. The maximum atomic E-state index is 5.35. The lowest BCUT2D eigenvalue weighted by atomic mass is 10.2. The third-order valence-electron chi connectivity index (χ3n) is 3.63. The number of methoxy groups -OCH3 is 2. The predicted molar refractivity (Wildman–Crippen MR) is 101 cm³/mol. The molecule has 1 aliphatic heterocycles. The second-order valence-corrected chi connectivity index (χ2v) is 6.16. The van der Waals surface area contributed by atoms with Gasteiger partial charge in [-0.25, -0.2) is 5.43 Å². The number of benzene rings is 1. The molecule has 1 saturated heterocycles. The van der Waals surface area contributed by atoms with Crippen LogP contribution in [0.5, 0.6) is 11.8 Å². The van der Waals surface area contributed by atoms with Crippen molar-refractivity contribution in [1.29, 1.82) is 0 Å². The number of morpholine rings is 1. The summed E-state index contributed by atoms with van der Waals surface area (Å²) in [4.78, 5) is 14.9. The van der Waals surface area contributed by atoms with Crippen molar-refractivity contribution >= 4 is 34.0 Å². The molecule has 9 nitrogen and oxygen atoms in total. The molecule has 0 aliphatic carbocycles. The van der Waals surface area contributed by atoms with Crippen molar-refractivity contribution in [2.45, 2.75) is 0 Å². The molecule has 10 heteroatoms. The van der Waals surface area contributed by atoms with Gasteiger partial charge in [-0.2, -0.15) is 20.1 Å². The first-order valence-electron chi connectivity index (χ1n) is 7.95. The Morgan fingerprint density at radius 1 is 1.19 bits per heavy atom. The number of halogens is 1. The summed E-state index contributed by atoms with van der Waals surface area (Å²) in [5.74, 6) is 1.60. The summed E-state index contributed by atoms with van der Waals surface area (Å²) in [6, 6.07) is 5.87. The standard InChI is InChI=1S/C16H19BrN6O3/c1-24-13-4-3-11(9-12(13)17)10-18-22-14-19-15(21-16(20-14)25-2)23-5-7-26-8-6-23/h3-4,9-10H,5-8H2,1-2H3,(H,19,20,21,22)/b18-10-. The number of ether oxygens (including phenoxy) is 3. The van der Waals surface area contributed by atoms with Crippen LogP contribution in [0.2, 0.25) is 0 Å². The maximum absolute atomic E-state index is 5.35. The van der Waals surface area contributed by atoms with Crippen molar-refractivity contribution in [1.82, 2.24) is 15.0 Å². The maximum Gasteiger partial charge on any atom is 0.322 e. The molecule has 1 aromatic carbocycles. The van der Waals surface area contributed by atoms with Crippen LogP contribution in [0.1, 0.15) is 5.56 Å². The first-order chi connectivity index (χ1) is 12.7. The third kappa shape index (κ3) is 4.58. The van der Waals surface area contributed by atoms with Gasteiger partial charge in [0.2, 0.25) is 5.95 Å². The minimum absolute atomic E-state index is 0.228. The van der Waals surface area contributed by atoms with E-state index in [0.717, 1.165) is 28.9 Å². The van der Waals surface area contributed by atoms with Crippen LogP contribution in [0, 0.1) is 0 Å². The van der Waals surface area contributed by atoms with Crippen molar-refractivity contribution in [2.75, 3.05) is 50.8 Å². The van der Waals surface area contributed by atoms with Gasteiger partial charge in [-0.05, 0) is 39.7 Å². The molecule has 1 aromatic heterocycles. The minimum atomic E-state index is 0.228. The molecule has 0 radical (unpaired) electrons. The van der Waals surface area contributed by atoms with Crippen LogP contribution in [-0.4, -0.2) is 61.7 Å². The van der Waals surface area contributed by atoms with Gasteiger partial charge in [-0.15, -0.1) is 0 Å². The normalized spacial score (nSPS) is 14.5. The third-order valence-corrected chi connectivity index (χ3v) is 4.25. The highest BCUT2D eigenvalue weighted by Gasteiger charge is 2.16. The number of hydrogen-bond acceptors (Lipinski definition) is 9. The zero-order chi connectivity index (χ0) is 18.4. The number of nitrogens with zero attached hydrogens (tertiary/aromatic N) is 5. The Hall–Kier alpha value is -2.46. The molecule has 2 aromatic rings. The Balaban J connectivity index is 1.73. The Bertz CT molecular complexity index is 783. The number of hydrogen-bond donors (Lipinski definition) is 1. The average Bonchev–Trinajstić information content (AvgIpc) is 2.68. The second-order valence-electron chi connectivity index (χ2n) is 5.31. The molecule has 3 rings (SSSR count). The molecule has 0 unspecified atom stereocenters. The van der Waals surface area contributed by atoms with Crippen LogP contribution in [0.4, 0.5) is 11.9 Å². The highest BCUT2D eigenvalue weighted by Crippen LogP contribution is 2.24. The molecular weight excluding hydrogens is 404 g/mol. The Kier molecular flexibility index (Phi) is 6.18. The van der Waals surface area contributed by atoms with Gasteiger partial charge in [0.05, 0.1) is 38.1 Å². The van der Waals surface area contributed by atoms with E-state index in [1.54, 1.807) is 13.3 Å². The quantitative estimate of drug-likeness (QED) is 0.557. The molecule has 0 spiro atoms. The first-order valence-corrected chi connectivity index (χ1v) is 8.74. The lowest BCUT2D eigenvalue weighted by Gasteiger charge is -2.26. The van der Waals surface area contributed by atoms with Gasteiger partial charge >= 0.3 is 6.01 Å². The highest BCUT2D eigenvalue weighted by molar-refractivity contribution is 9.10. The van der Waals surface area contributed by atoms with E-state index >= 15 is 0 Å². The number of nitrogens with one attached hydrogen (secondary N) is 1. The van der Waals surface area contributed by atoms with Gasteiger partial charge in [0.25, 0.3) is 5.95 Å². The molecule has 1 aliphatic rings. The largest absolute Gasteiger partial charge is 0.496 e. The fourth-order valence-electron chi connectivity index (χ4n) is 2.32. The van der Waals surface area contributed by atoms with Gasteiger partial charge in [-0.3, -0.25) is 0 Å². The first kappa shape index (κ1) is 18.3. The van der Waals surface area contributed by atoms with E-state index in [1.807, 2.05) is 23.1 Å². The Morgan fingerprint density at radius 2 is 2.00 bits per heavy atom. The van der Waals surface area contributed by atoms with Crippen LogP contribution < -0.4 is 19.8 Å². The van der Waals surface area contributed by atoms with Crippen LogP contribution >= 0.6 is 15.9 Å². The van der Waals surface area contributed by atoms with Crippen molar-refractivity contribution in [3.63, 3.8) is 0 Å². The van der Waals surface area contributed by atoms with E-state index in [9.17, 15) is 0 Å². The molecule has 0 bridgehead atoms. The number of aromatic nitrogens is 3. The van der Waals surface area contributed by atoms with Gasteiger partial charge < -0.3 is 19.1 Å². The second kappa shape index (κ2) is 8.77. The minimum Gasteiger partial charge on any atom is -0.496 e. The summed E-state index contributed by atoms with van der Waals surface area (Å²) in [7, 11) is 3.13. The van der Waals surface area contributed by atoms with E-state index in [1.165, 1.54) is 7.11 Å². The summed E-state index contributed by atoms with van der Waals surface area (Å²) in [5.41, 5.74) is 3.71. The van der Waals surface area contributed by atoms with Crippen LogP contribution in [0.3, 0.4) is 0 Å². The fraction of sp³-hybridized carbons (Fsp3) is 0.375. The Labute approximate surface area is 159 Å². The van der Waals surface area contributed by atoms with E-state index in [4.69, 9.17) is 14.2 Å². The lowest BCUT2D eigenvalue weighted by Crippen LogP contribution is -2.37. The molecule has 2 heterocycles. The average molecular weight is 423 g/mol. The lowest BCUT2D eigenvalue weighted by molar-refractivity contribution is 0.122. The van der Waals surface area contributed by atoms with E-state index in [2.05, 4.69) is 41.4 Å². The number of anilines is 2. The highest BCUT2D eigenvalue weighted by atomic mass is 79.9. The molecule has 138 valence electrons. The zero-order valence-electron chi connectivity index (χ0n) is 14.5. The zero-order valence-corrected chi connectivity index (χ0v) is 16.1. The van der Waals surface area contributed by atoms with Crippen LogP contribution in [-0.2, 0) is 4.74 Å². The molecule has 0 amide bonds. The topological polar surface area (TPSA) is 94.0 Å². The SMILES string of the molecule is COc1nc(N/N=C\c2ccc(OC)c(Br)c2)nc(N2CCOCC2)n1. The van der Waals surface area contributed by atoms with Gasteiger partial charge in [0.1, 0.15) is 5.75 Å². The summed E-state index contributed by atoms with van der Waals surface area (Å²) < 4.78 is 16.6. The van der Waals surface area contributed by atoms with Gasteiger partial charge in [0, 0.05) is 13.1 Å². The number of hydrazone groups is 1. The van der Waals surface area contributed by atoms with E-state index in [0.29, 0.717) is 25.1 Å². The summed E-state index contributed by atoms with van der Waals surface area (Å²) in [6.45, 7) is 2.72. The van der Waals surface area contributed by atoms with Crippen LogP contribution in [0.15, 0.2) is 27.8 Å². The van der Waals surface area contributed by atoms with Crippen molar-refractivity contribution in [2.24, 2.45) is 5.10 Å².